The molecule has 1 saturated heterocycles. The molecule has 8 heteroatoms. The normalized spacial score (nSPS) is 15.6. The van der Waals surface area contributed by atoms with Crippen LogP contribution in [0.25, 0.3) is 6.08 Å². The first kappa shape index (κ1) is 21.6. The average molecular weight is 401 g/mol. The number of thioether (sulfide) groups is 1. The number of esters is 1. The van der Waals surface area contributed by atoms with Gasteiger partial charge in [-0.1, -0.05) is 54.3 Å². The third kappa shape index (κ3) is 6.78. The Kier molecular flexibility index (Phi) is 9.13. The standard InChI is InChI=1S/C17H20N2O3S2.ClH/c1-18(2)10-11-22-15(20)8-9-19-16(21)14(24-17(19)23)12-13-6-4-3-5-7-13;/h3-7,12H,8-11H2,1-2H3;1H. The van der Waals surface area contributed by atoms with E-state index in [1.807, 2.05) is 55.4 Å². The van der Waals surface area contributed by atoms with Gasteiger partial charge in [-0.05, 0) is 25.7 Å². The zero-order valence-electron chi connectivity index (χ0n) is 14.1. The van der Waals surface area contributed by atoms with Crippen molar-refractivity contribution in [1.29, 1.82) is 0 Å². The first-order valence-electron chi connectivity index (χ1n) is 7.58. The third-order valence-corrected chi connectivity index (χ3v) is 4.69. The highest BCUT2D eigenvalue weighted by molar-refractivity contribution is 8.26. The van der Waals surface area contributed by atoms with Crippen LogP contribution in [0.5, 0.6) is 0 Å². The number of carbonyl (C=O) groups is 2. The predicted octanol–water partition coefficient (Wildman–Crippen LogP) is 2.80. The van der Waals surface area contributed by atoms with Crippen LogP contribution in [0.1, 0.15) is 12.0 Å². The van der Waals surface area contributed by atoms with Crippen molar-refractivity contribution in [1.82, 2.24) is 9.80 Å². The summed E-state index contributed by atoms with van der Waals surface area (Å²) in [5.41, 5.74) is 0.945. The van der Waals surface area contributed by atoms with Gasteiger partial charge in [0.25, 0.3) is 5.91 Å². The summed E-state index contributed by atoms with van der Waals surface area (Å²) in [6.07, 6.45) is 1.95. The summed E-state index contributed by atoms with van der Waals surface area (Å²) in [4.78, 5) is 28.1. The molecule has 1 fully saturated rings. The second-order valence-electron chi connectivity index (χ2n) is 5.52. The SMILES string of the molecule is CN(C)CCOC(=O)CCN1C(=O)C(=Cc2ccccc2)SC1=S.Cl. The topological polar surface area (TPSA) is 49.9 Å². The Morgan fingerprint density at radius 3 is 2.64 bits per heavy atom. The molecule has 136 valence electrons. The first-order valence-corrected chi connectivity index (χ1v) is 8.80. The minimum Gasteiger partial charge on any atom is -0.464 e. The Balaban J connectivity index is 0.00000312. The largest absolute Gasteiger partial charge is 0.464 e. The van der Waals surface area contributed by atoms with E-state index in [2.05, 4.69) is 0 Å². The lowest BCUT2D eigenvalue weighted by molar-refractivity contribution is -0.144. The molecule has 1 aromatic carbocycles. The number of likely N-dealkylation sites (N-methyl/N-ethyl adjacent to an activating group) is 1. The zero-order chi connectivity index (χ0) is 17.5. The second kappa shape index (κ2) is 10.6. The van der Waals surface area contributed by atoms with E-state index in [0.717, 1.165) is 5.56 Å². The summed E-state index contributed by atoms with van der Waals surface area (Å²) in [6.45, 7) is 1.27. The van der Waals surface area contributed by atoms with Gasteiger partial charge < -0.3 is 9.64 Å². The fraction of sp³-hybridized carbons (Fsp3) is 0.353. The molecule has 1 aromatic rings. The molecule has 0 bridgehead atoms. The molecule has 0 unspecified atom stereocenters. The predicted molar refractivity (Wildman–Crippen MR) is 108 cm³/mol. The van der Waals surface area contributed by atoms with E-state index in [4.69, 9.17) is 17.0 Å². The molecule has 0 radical (unpaired) electrons. The molecule has 5 nitrogen and oxygen atoms in total. The van der Waals surface area contributed by atoms with Crippen LogP contribution in [0.4, 0.5) is 0 Å². The minimum atomic E-state index is -0.321. The molecule has 1 aliphatic rings. The highest BCUT2D eigenvalue weighted by atomic mass is 35.5. The summed E-state index contributed by atoms with van der Waals surface area (Å²) in [6, 6.07) is 9.60. The number of ether oxygens (including phenoxy) is 1. The summed E-state index contributed by atoms with van der Waals surface area (Å²) >= 11 is 6.51. The fourth-order valence-electron chi connectivity index (χ4n) is 2.01. The van der Waals surface area contributed by atoms with E-state index in [9.17, 15) is 9.59 Å². The molecular weight excluding hydrogens is 380 g/mol. The fourth-order valence-corrected chi connectivity index (χ4v) is 3.32. The smallest absolute Gasteiger partial charge is 0.307 e. The Bertz CT molecular complexity index is 651. The van der Waals surface area contributed by atoms with E-state index >= 15 is 0 Å². The van der Waals surface area contributed by atoms with Crippen LogP contribution in [-0.4, -0.2) is 59.8 Å². The summed E-state index contributed by atoms with van der Waals surface area (Å²) < 4.78 is 5.60. The Hall–Kier alpha value is -1.41. The maximum absolute atomic E-state index is 12.4. The van der Waals surface area contributed by atoms with Crippen LogP contribution in [-0.2, 0) is 14.3 Å². The van der Waals surface area contributed by atoms with Crippen molar-refractivity contribution in [2.75, 3.05) is 33.8 Å². The van der Waals surface area contributed by atoms with Gasteiger partial charge in [-0.15, -0.1) is 12.4 Å². The van der Waals surface area contributed by atoms with Gasteiger partial charge in [0.2, 0.25) is 0 Å². The van der Waals surface area contributed by atoms with Gasteiger partial charge >= 0.3 is 5.97 Å². The molecule has 0 N–H and O–H groups in total. The van der Waals surface area contributed by atoms with Crippen molar-refractivity contribution in [3.63, 3.8) is 0 Å². The van der Waals surface area contributed by atoms with Crippen molar-refractivity contribution in [3.8, 4) is 0 Å². The van der Waals surface area contributed by atoms with Crippen molar-refractivity contribution < 1.29 is 14.3 Å². The van der Waals surface area contributed by atoms with E-state index in [0.29, 0.717) is 22.4 Å². The number of thiocarbonyl (C=S) groups is 1. The minimum absolute atomic E-state index is 0. The molecule has 0 aliphatic carbocycles. The molecule has 1 heterocycles. The van der Waals surface area contributed by atoms with Crippen LogP contribution < -0.4 is 0 Å². The van der Waals surface area contributed by atoms with Crippen LogP contribution in [0, 0.1) is 0 Å². The first-order chi connectivity index (χ1) is 11.5. The summed E-state index contributed by atoms with van der Waals surface area (Å²) in [5, 5.41) is 0. The molecule has 0 spiro atoms. The number of hydrogen-bond acceptors (Lipinski definition) is 6. The van der Waals surface area contributed by atoms with Gasteiger partial charge in [-0.3, -0.25) is 14.5 Å². The monoisotopic (exact) mass is 400 g/mol. The lowest BCUT2D eigenvalue weighted by atomic mass is 10.2. The van der Waals surface area contributed by atoms with Crippen LogP contribution >= 0.6 is 36.4 Å². The maximum Gasteiger partial charge on any atom is 0.307 e. The maximum atomic E-state index is 12.4. The van der Waals surface area contributed by atoms with Crippen molar-refractivity contribution in [2.24, 2.45) is 0 Å². The molecule has 1 aliphatic heterocycles. The Morgan fingerprint density at radius 1 is 1.32 bits per heavy atom. The van der Waals surface area contributed by atoms with Crippen molar-refractivity contribution in [3.05, 3.63) is 40.8 Å². The lowest BCUT2D eigenvalue weighted by Gasteiger charge is -2.14. The highest BCUT2D eigenvalue weighted by Crippen LogP contribution is 2.32. The van der Waals surface area contributed by atoms with Crippen LogP contribution in [0.15, 0.2) is 35.2 Å². The number of benzene rings is 1. The molecule has 25 heavy (non-hydrogen) atoms. The van der Waals surface area contributed by atoms with Gasteiger partial charge in [0.05, 0.1) is 11.3 Å². The van der Waals surface area contributed by atoms with Crippen LogP contribution in [0.2, 0.25) is 0 Å². The number of amides is 1. The van der Waals surface area contributed by atoms with E-state index in [1.54, 1.807) is 0 Å². The molecule has 0 aromatic heterocycles. The van der Waals surface area contributed by atoms with E-state index in [-0.39, 0.29) is 37.2 Å². The van der Waals surface area contributed by atoms with Gasteiger partial charge in [-0.2, -0.15) is 0 Å². The Labute approximate surface area is 163 Å². The number of hydrogen-bond donors (Lipinski definition) is 0. The number of nitrogens with zero attached hydrogens (tertiary/aromatic N) is 2. The molecule has 1 amide bonds. The summed E-state index contributed by atoms with van der Waals surface area (Å²) in [5.74, 6) is -0.479. The quantitative estimate of drug-likeness (QED) is 0.398. The van der Waals surface area contributed by atoms with Gasteiger partial charge in [0.1, 0.15) is 10.9 Å². The number of carbonyl (C=O) groups excluding carboxylic acids is 2. The van der Waals surface area contributed by atoms with Gasteiger partial charge in [-0.25, -0.2) is 0 Å². The Morgan fingerprint density at radius 2 is 2.00 bits per heavy atom. The zero-order valence-corrected chi connectivity index (χ0v) is 16.6. The molecule has 2 rings (SSSR count). The van der Waals surface area contributed by atoms with E-state index < -0.39 is 0 Å². The average Bonchev–Trinajstić information content (AvgIpc) is 2.80. The van der Waals surface area contributed by atoms with Crippen molar-refractivity contribution in [2.45, 2.75) is 6.42 Å². The highest BCUT2D eigenvalue weighted by Gasteiger charge is 2.32. The van der Waals surface area contributed by atoms with E-state index in [1.165, 1.54) is 16.7 Å². The lowest BCUT2D eigenvalue weighted by Crippen LogP contribution is -2.31. The number of rotatable bonds is 7. The van der Waals surface area contributed by atoms with Crippen LogP contribution in [0.3, 0.4) is 0 Å². The summed E-state index contributed by atoms with van der Waals surface area (Å²) in [7, 11) is 3.82. The van der Waals surface area contributed by atoms with Gasteiger partial charge in [0, 0.05) is 13.1 Å². The van der Waals surface area contributed by atoms with Crippen molar-refractivity contribution >= 4 is 58.7 Å². The van der Waals surface area contributed by atoms with Gasteiger partial charge in [0.15, 0.2) is 0 Å². The molecule has 0 saturated carbocycles. The molecule has 0 atom stereocenters. The third-order valence-electron chi connectivity index (χ3n) is 3.31. The second-order valence-corrected chi connectivity index (χ2v) is 7.19. The number of halogens is 1. The molecular formula is C17H21ClN2O3S2.